The van der Waals surface area contributed by atoms with Gasteiger partial charge in [-0.3, -0.25) is 14.9 Å². The molecule has 0 aromatic heterocycles. The number of carbonyl (C=O) groups is 1. The molecule has 2 unspecified atom stereocenters. The molecular formula is C15H22ClN3O4. The molecule has 1 aromatic carbocycles. The van der Waals surface area contributed by atoms with Crippen molar-refractivity contribution in [1.29, 1.82) is 0 Å². The zero-order valence-electron chi connectivity index (χ0n) is 13.0. The lowest BCUT2D eigenvalue weighted by atomic mass is 9.98. The Kier molecular flexibility index (Phi) is 7.41. The van der Waals surface area contributed by atoms with Crippen molar-refractivity contribution in [3.63, 3.8) is 0 Å². The Balaban J connectivity index is 0.00000264. The van der Waals surface area contributed by atoms with Crippen LogP contribution in [0.4, 0.5) is 5.69 Å². The van der Waals surface area contributed by atoms with E-state index in [1.54, 1.807) is 30.2 Å². The molecule has 2 N–H and O–H groups in total. The van der Waals surface area contributed by atoms with Crippen LogP contribution in [0.5, 0.6) is 0 Å². The zero-order chi connectivity index (χ0) is 16.1. The smallest absolute Gasteiger partial charge is 0.273 e. The largest absolute Gasteiger partial charge is 0.381 e. The van der Waals surface area contributed by atoms with Crippen LogP contribution in [-0.2, 0) is 16.0 Å². The summed E-state index contributed by atoms with van der Waals surface area (Å²) in [4.78, 5) is 24.8. The van der Waals surface area contributed by atoms with Gasteiger partial charge in [-0.15, -0.1) is 12.4 Å². The maximum Gasteiger partial charge on any atom is 0.273 e. The molecule has 0 spiro atoms. The van der Waals surface area contributed by atoms with Crippen molar-refractivity contribution >= 4 is 24.0 Å². The van der Waals surface area contributed by atoms with E-state index in [2.05, 4.69) is 0 Å². The number of carbonyl (C=O) groups excluding carboxylic acids is 1. The van der Waals surface area contributed by atoms with Crippen LogP contribution >= 0.6 is 12.4 Å². The number of benzene rings is 1. The van der Waals surface area contributed by atoms with Gasteiger partial charge < -0.3 is 15.4 Å². The van der Waals surface area contributed by atoms with Crippen molar-refractivity contribution in [2.24, 2.45) is 5.73 Å². The fourth-order valence-electron chi connectivity index (χ4n) is 2.88. The van der Waals surface area contributed by atoms with Gasteiger partial charge in [0.1, 0.15) is 0 Å². The van der Waals surface area contributed by atoms with Crippen LogP contribution in [0.1, 0.15) is 18.4 Å². The maximum absolute atomic E-state index is 12.5. The van der Waals surface area contributed by atoms with Crippen LogP contribution in [0, 0.1) is 10.1 Å². The fourth-order valence-corrected chi connectivity index (χ4v) is 2.88. The Hall–Kier alpha value is -1.70. The second-order valence-corrected chi connectivity index (χ2v) is 5.42. The number of hydrogen-bond donors (Lipinski definition) is 1. The second-order valence-electron chi connectivity index (χ2n) is 5.42. The topological polar surface area (TPSA) is 98.7 Å². The summed E-state index contributed by atoms with van der Waals surface area (Å²) in [6, 6.07) is 6.26. The van der Waals surface area contributed by atoms with E-state index in [9.17, 15) is 14.9 Å². The van der Waals surface area contributed by atoms with Gasteiger partial charge in [0.2, 0.25) is 5.91 Å². The maximum atomic E-state index is 12.5. The minimum Gasteiger partial charge on any atom is -0.381 e. The molecule has 0 radical (unpaired) electrons. The van der Waals surface area contributed by atoms with Gasteiger partial charge in [0.05, 0.1) is 17.4 Å². The van der Waals surface area contributed by atoms with Gasteiger partial charge in [0.25, 0.3) is 5.69 Å². The van der Waals surface area contributed by atoms with Gasteiger partial charge in [0, 0.05) is 37.9 Å². The van der Waals surface area contributed by atoms with Crippen molar-refractivity contribution in [2.45, 2.75) is 31.4 Å². The minimum absolute atomic E-state index is 0. The number of amides is 1. The molecule has 23 heavy (non-hydrogen) atoms. The van der Waals surface area contributed by atoms with Gasteiger partial charge in [-0.1, -0.05) is 18.2 Å². The molecule has 1 amide bonds. The lowest BCUT2D eigenvalue weighted by Gasteiger charge is -2.38. The first-order valence-corrected chi connectivity index (χ1v) is 7.31. The highest BCUT2D eigenvalue weighted by molar-refractivity contribution is 5.85. The molecule has 0 aliphatic carbocycles. The quantitative estimate of drug-likeness (QED) is 0.645. The molecule has 1 fully saturated rings. The summed E-state index contributed by atoms with van der Waals surface area (Å²) >= 11 is 0. The van der Waals surface area contributed by atoms with E-state index in [-0.39, 0.29) is 42.6 Å². The first kappa shape index (κ1) is 19.3. The highest BCUT2D eigenvalue weighted by Crippen LogP contribution is 2.23. The molecular weight excluding hydrogens is 322 g/mol. The molecule has 7 nitrogen and oxygen atoms in total. The van der Waals surface area contributed by atoms with Crippen LogP contribution in [0.2, 0.25) is 0 Å². The Morgan fingerprint density at radius 2 is 2.17 bits per heavy atom. The van der Waals surface area contributed by atoms with E-state index >= 15 is 0 Å². The highest BCUT2D eigenvalue weighted by Gasteiger charge is 2.31. The van der Waals surface area contributed by atoms with Crippen molar-refractivity contribution in [3.8, 4) is 0 Å². The number of hydrogen-bond acceptors (Lipinski definition) is 5. The van der Waals surface area contributed by atoms with Crippen LogP contribution in [0.3, 0.4) is 0 Å². The molecule has 2 atom stereocenters. The van der Waals surface area contributed by atoms with Gasteiger partial charge in [-0.05, 0) is 12.8 Å². The second kappa shape index (κ2) is 8.81. The Morgan fingerprint density at radius 1 is 1.48 bits per heavy atom. The first-order chi connectivity index (χ1) is 10.6. The third-order valence-corrected chi connectivity index (χ3v) is 4.12. The van der Waals surface area contributed by atoms with Gasteiger partial charge in [0.15, 0.2) is 0 Å². The van der Waals surface area contributed by atoms with Crippen LogP contribution < -0.4 is 5.73 Å². The molecule has 1 heterocycles. The van der Waals surface area contributed by atoms with E-state index in [4.69, 9.17) is 10.5 Å². The highest BCUT2D eigenvalue weighted by atomic mass is 35.5. The number of rotatable bonds is 5. The van der Waals surface area contributed by atoms with E-state index < -0.39 is 4.92 Å². The van der Waals surface area contributed by atoms with Crippen molar-refractivity contribution < 1.29 is 14.5 Å². The standard InChI is InChI=1S/C15H21N3O4.ClH/c1-22-13-6-7-17(12(9-13)10-16)15(19)8-11-4-2-3-5-14(11)18(20)21;/h2-5,12-13H,6-10,16H2,1H3;1H. The van der Waals surface area contributed by atoms with Gasteiger partial charge in [-0.25, -0.2) is 0 Å². The molecule has 2 rings (SSSR count). The molecule has 1 saturated heterocycles. The lowest BCUT2D eigenvalue weighted by molar-refractivity contribution is -0.385. The molecule has 0 saturated carbocycles. The number of likely N-dealkylation sites (tertiary alicyclic amines) is 1. The average molecular weight is 344 g/mol. The van der Waals surface area contributed by atoms with Gasteiger partial charge in [-0.2, -0.15) is 0 Å². The third kappa shape index (κ3) is 4.63. The summed E-state index contributed by atoms with van der Waals surface area (Å²) in [5.41, 5.74) is 6.17. The SMILES string of the molecule is COC1CCN(C(=O)Cc2ccccc2[N+](=O)[O-])C(CN)C1.Cl. The summed E-state index contributed by atoms with van der Waals surface area (Å²) in [5, 5.41) is 11.0. The number of piperidine rings is 1. The number of para-hydroxylation sites is 1. The number of nitro benzene ring substituents is 1. The van der Waals surface area contributed by atoms with Crippen molar-refractivity contribution in [1.82, 2.24) is 4.90 Å². The summed E-state index contributed by atoms with van der Waals surface area (Å²) in [7, 11) is 1.66. The first-order valence-electron chi connectivity index (χ1n) is 7.31. The fraction of sp³-hybridized carbons (Fsp3) is 0.533. The number of ether oxygens (including phenoxy) is 1. The monoisotopic (exact) mass is 343 g/mol. The Labute approximate surface area is 141 Å². The minimum atomic E-state index is -0.458. The van der Waals surface area contributed by atoms with Gasteiger partial charge >= 0.3 is 0 Å². The van der Waals surface area contributed by atoms with Crippen LogP contribution in [0.15, 0.2) is 24.3 Å². The number of nitrogens with zero attached hydrogens (tertiary/aromatic N) is 2. The Bertz CT molecular complexity index is 555. The number of nitrogens with two attached hydrogens (primary N) is 1. The summed E-state index contributed by atoms with van der Waals surface area (Å²) in [6.45, 7) is 0.933. The van der Waals surface area contributed by atoms with E-state index in [0.29, 0.717) is 25.1 Å². The van der Waals surface area contributed by atoms with E-state index in [1.165, 1.54) is 6.07 Å². The molecule has 0 bridgehead atoms. The predicted molar refractivity (Wildman–Crippen MR) is 88.6 cm³/mol. The molecule has 128 valence electrons. The van der Waals surface area contributed by atoms with Crippen LogP contribution in [-0.4, -0.2) is 48.1 Å². The molecule has 8 heteroatoms. The van der Waals surface area contributed by atoms with Crippen molar-refractivity contribution in [2.75, 3.05) is 20.2 Å². The number of methoxy groups -OCH3 is 1. The van der Waals surface area contributed by atoms with Crippen LogP contribution in [0.25, 0.3) is 0 Å². The number of nitro groups is 1. The zero-order valence-corrected chi connectivity index (χ0v) is 13.8. The Morgan fingerprint density at radius 3 is 2.78 bits per heavy atom. The van der Waals surface area contributed by atoms with Crippen molar-refractivity contribution in [3.05, 3.63) is 39.9 Å². The lowest BCUT2D eigenvalue weighted by Crippen LogP contribution is -2.51. The normalized spacial score (nSPS) is 20.7. The summed E-state index contributed by atoms with van der Waals surface area (Å²) in [5.74, 6) is -0.126. The predicted octanol–water partition coefficient (Wildman–Crippen LogP) is 1.52. The summed E-state index contributed by atoms with van der Waals surface area (Å²) < 4.78 is 5.34. The summed E-state index contributed by atoms with van der Waals surface area (Å²) in [6.07, 6.45) is 1.60. The number of halogens is 1. The van der Waals surface area contributed by atoms with E-state index in [1.807, 2.05) is 0 Å². The molecule has 1 aromatic rings. The molecule has 1 aliphatic rings. The molecule has 1 aliphatic heterocycles. The average Bonchev–Trinajstić information content (AvgIpc) is 2.54. The third-order valence-electron chi connectivity index (χ3n) is 4.12. The van der Waals surface area contributed by atoms with E-state index in [0.717, 1.165) is 6.42 Å².